The lowest BCUT2D eigenvalue weighted by Gasteiger charge is -2.29. The summed E-state index contributed by atoms with van der Waals surface area (Å²) in [6, 6.07) is 14.7. The molecule has 0 saturated carbocycles. The zero-order chi connectivity index (χ0) is 24.1. The summed E-state index contributed by atoms with van der Waals surface area (Å²) >= 11 is 0. The van der Waals surface area contributed by atoms with Crippen LogP contribution in [0.1, 0.15) is 48.8 Å². The van der Waals surface area contributed by atoms with Crippen molar-refractivity contribution in [3.63, 3.8) is 0 Å². The maximum atomic E-state index is 13.4. The van der Waals surface area contributed by atoms with Gasteiger partial charge in [-0.25, -0.2) is 4.79 Å². The van der Waals surface area contributed by atoms with Gasteiger partial charge in [-0.3, -0.25) is 14.7 Å². The van der Waals surface area contributed by atoms with Crippen LogP contribution in [0.15, 0.2) is 48.5 Å². The number of pyridine rings is 1. The Morgan fingerprint density at radius 1 is 1.12 bits per heavy atom. The second kappa shape index (κ2) is 10.7. The molecule has 0 fully saturated rings. The van der Waals surface area contributed by atoms with E-state index >= 15 is 0 Å². The van der Waals surface area contributed by atoms with Crippen molar-refractivity contribution >= 4 is 28.5 Å². The van der Waals surface area contributed by atoms with Crippen molar-refractivity contribution in [1.82, 2.24) is 9.88 Å². The molecular formula is C27H31N3O4. The molecule has 1 aromatic heterocycles. The molecule has 1 unspecified atom stereocenters. The van der Waals surface area contributed by atoms with Crippen LogP contribution in [0, 0.1) is 0 Å². The highest BCUT2D eigenvalue weighted by atomic mass is 16.5. The summed E-state index contributed by atoms with van der Waals surface area (Å²) in [4.78, 5) is 33.3. The van der Waals surface area contributed by atoms with E-state index in [0.717, 1.165) is 53.8 Å². The highest BCUT2D eigenvalue weighted by Gasteiger charge is 2.28. The van der Waals surface area contributed by atoms with E-state index in [9.17, 15) is 9.59 Å². The minimum Gasteiger partial charge on any atom is -0.494 e. The fraction of sp³-hybridized carbons (Fsp3) is 0.370. The summed E-state index contributed by atoms with van der Waals surface area (Å²) in [6.45, 7) is 8.74. The first-order chi connectivity index (χ1) is 16.5. The number of carbonyl (C=O) groups excluding carboxylic acids is 2. The van der Waals surface area contributed by atoms with Crippen molar-refractivity contribution in [2.45, 2.75) is 46.3 Å². The Balaban J connectivity index is 1.55. The van der Waals surface area contributed by atoms with E-state index in [1.807, 2.05) is 31.2 Å². The molecule has 1 aliphatic heterocycles. The van der Waals surface area contributed by atoms with Crippen LogP contribution in [-0.4, -0.2) is 47.6 Å². The standard InChI is InChI=1S/C27H31N3O4/c1-4-15-30-16-14-24-22(17-30)25(21-8-6-7-9-23(21)29-24)27(32)34-18(3)26(31)28-19-10-12-20(13-11-19)33-5-2/h6-13,18H,4-5,14-17H2,1-3H3,(H,28,31). The summed E-state index contributed by atoms with van der Waals surface area (Å²) < 4.78 is 11.1. The molecule has 4 rings (SSSR count). The summed E-state index contributed by atoms with van der Waals surface area (Å²) in [6.07, 6.45) is 0.865. The van der Waals surface area contributed by atoms with Crippen LogP contribution in [0.3, 0.4) is 0 Å². The number of anilines is 1. The molecule has 34 heavy (non-hydrogen) atoms. The number of carbonyl (C=O) groups is 2. The molecule has 1 N–H and O–H groups in total. The Kier molecular flexibility index (Phi) is 7.43. The summed E-state index contributed by atoms with van der Waals surface area (Å²) in [5.74, 6) is -0.161. The molecule has 2 heterocycles. The van der Waals surface area contributed by atoms with Gasteiger partial charge in [0, 0.05) is 41.8 Å². The minimum atomic E-state index is -0.961. The number of esters is 1. The Morgan fingerprint density at radius 3 is 2.62 bits per heavy atom. The first-order valence-electron chi connectivity index (χ1n) is 11.9. The van der Waals surface area contributed by atoms with Crippen LogP contribution in [0.2, 0.25) is 0 Å². The number of hydrogen-bond donors (Lipinski definition) is 1. The van der Waals surface area contributed by atoms with Gasteiger partial charge in [-0.15, -0.1) is 0 Å². The van der Waals surface area contributed by atoms with Gasteiger partial charge in [0.15, 0.2) is 6.10 Å². The first-order valence-corrected chi connectivity index (χ1v) is 11.9. The number of aromatic nitrogens is 1. The van der Waals surface area contributed by atoms with Crippen molar-refractivity contribution in [2.24, 2.45) is 0 Å². The molecule has 7 nitrogen and oxygen atoms in total. The van der Waals surface area contributed by atoms with E-state index in [1.54, 1.807) is 31.2 Å². The fourth-order valence-corrected chi connectivity index (χ4v) is 4.30. The van der Waals surface area contributed by atoms with Crippen LogP contribution >= 0.6 is 0 Å². The number of nitrogens with zero attached hydrogens (tertiary/aromatic N) is 2. The van der Waals surface area contributed by atoms with Crippen molar-refractivity contribution < 1.29 is 19.1 Å². The quantitative estimate of drug-likeness (QED) is 0.495. The molecule has 7 heteroatoms. The number of benzene rings is 2. The number of nitrogens with one attached hydrogen (secondary N) is 1. The molecule has 0 saturated heterocycles. The number of ether oxygens (including phenoxy) is 2. The van der Waals surface area contributed by atoms with Gasteiger partial charge in [0.05, 0.1) is 17.7 Å². The topological polar surface area (TPSA) is 80.8 Å². The monoisotopic (exact) mass is 461 g/mol. The molecular weight excluding hydrogens is 430 g/mol. The summed E-state index contributed by atoms with van der Waals surface area (Å²) in [5.41, 5.74) is 3.73. The third kappa shape index (κ3) is 5.20. The Labute approximate surface area is 200 Å². The molecule has 1 atom stereocenters. The van der Waals surface area contributed by atoms with Gasteiger partial charge in [-0.2, -0.15) is 0 Å². The summed E-state index contributed by atoms with van der Waals surface area (Å²) in [5, 5.41) is 3.55. The van der Waals surface area contributed by atoms with Crippen molar-refractivity contribution in [2.75, 3.05) is 25.0 Å². The lowest BCUT2D eigenvalue weighted by molar-refractivity contribution is -0.123. The average molecular weight is 462 g/mol. The molecule has 1 aliphatic rings. The first kappa shape index (κ1) is 23.7. The van der Waals surface area contributed by atoms with Crippen LogP contribution in [0.5, 0.6) is 5.75 Å². The number of rotatable bonds is 8. The van der Waals surface area contributed by atoms with Crippen molar-refractivity contribution in [1.29, 1.82) is 0 Å². The Hall–Kier alpha value is -3.45. The Morgan fingerprint density at radius 2 is 1.88 bits per heavy atom. The van der Waals surface area contributed by atoms with Gasteiger partial charge in [-0.05, 0) is 57.1 Å². The zero-order valence-corrected chi connectivity index (χ0v) is 20.0. The number of amides is 1. The zero-order valence-electron chi connectivity index (χ0n) is 20.0. The van der Waals surface area contributed by atoms with Crippen LogP contribution in [0.25, 0.3) is 10.9 Å². The van der Waals surface area contributed by atoms with Gasteiger partial charge >= 0.3 is 5.97 Å². The summed E-state index contributed by atoms with van der Waals surface area (Å²) in [7, 11) is 0. The molecule has 0 radical (unpaired) electrons. The van der Waals surface area contributed by atoms with Gasteiger partial charge in [0.25, 0.3) is 5.91 Å². The highest BCUT2D eigenvalue weighted by molar-refractivity contribution is 6.06. The number of hydrogen-bond acceptors (Lipinski definition) is 6. The van der Waals surface area contributed by atoms with Crippen LogP contribution < -0.4 is 10.1 Å². The van der Waals surface area contributed by atoms with Gasteiger partial charge < -0.3 is 14.8 Å². The lowest BCUT2D eigenvalue weighted by atomic mass is 9.95. The highest BCUT2D eigenvalue weighted by Crippen LogP contribution is 2.29. The number of fused-ring (bicyclic) bond motifs is 2. The van der Waals surface area contributed by atoms with E-state index in [0.29, 0.717) is 24.4 Å². The van der Waals surface area contributed by atoms with Crippen LogP contribution in [0.4, 0.5) is 5.69 Å². The van der Waals surface area contributed by atoms with E-state index in [2.05, 4.69) is 17.1 Å². The molecule has 0 aliphatic carbocycles. The van der Waals surface area contributed by atoms with Crippen molar-refractivity contribution in [3.8, 4) is 5.75 Å². The van der Waals surface area contributed by atoms with E-state index in [4.69, 9.17) is 14.5 Å². The maximum Gasteiger partial charge on any atom is 0.339 e. The van der Waals surface area contributed by atoms with Gasteiger partial charge in [0.2, 0.25) is 0 Å². The van der Waals surface area contributed by atoms with Crippen molar-refractivity contribution in [3.05, 3.63) is 65.4 Å². The smallest absolute Gasteiger partial charge is 0.339 e. The normalized spacial score (nSPS) is 14.3. The molecule has 0 bridgehead atoms. The largest absolute Gasteiger partial charge is 0.494 e. The second-order valence-electron chi connectivity index (χ2n) is 8.45. The molecule has 0 spiro atoms. The van der Waals surface area contributed by atoms with Gasteiger partial charge in [-0.1, -0.05) is 25.1 Å². The minimum absolute atomic E-state index is 0.391. The molecule has 2 aromatic carbocycles. The van der Waals surface area contributed by atoms with E-state index < -0.39 is 18.0 Å². The molecule has 178 valence electrons. The predicted octanol–water partition coefficient (Wildman–Crippen LogP) is 4.59. The van der Waals surface area contributed by atoms with Gasteiger partial charge in [0.1, 0.15) is 5.75 Å². The van der Waals surface area contributed by atoms with E-state index in [1.165, 1.54) is 0 Å². The lowest BCUT2D eigenvalue weighted by Crippen LogP contribution is -2.34. The second-order valence-corrected chi connectivity index (χ2v) is 8.45. The SMILES string of the molecule is CCCN1CCc2nc3ccccc3c(C(=O)OC(C)C(=O)Nc3ccc(OCC)cc3)c2C1. The maximum absolute atomic E-state index is 13.4. The third-order valence-electron chi connectivity index (χ3n) is 5.96. The molecule has 1 amide bonds. The third-order valence-corrected chi connectivity index (χ3v) is 5.96. The van der Waals surface area contributed by atoms with E-state index in [-0.39, 0.29) is 0 Å². The number of para-hydroxylation sites is 1. The predicted molar refractivity (Wildman–Crippen MR) is 132 cm³/mol. The molecule has 3 aromatic rings. The van der Waals surface area contributed by atoms with Crippen LogP contribution in [-0.2, 0) is 22.5 Å². The fourth-order valence-electron chi connectivity index (χ4n) is 4.30. The average Bonchev–Trinajstić information content (AvgIpc) is 2.84. The Bertz CT molecular complexity index is 1180.